The van der Waals surface area contributed by atoms with Gasteiger partial charge in [0.25, 0.3) is 0 Å². The van der Waals surface area contributed by atoms with Crippen LogP contribution in [0.2, 0.25) is 0 Å². The Kier molecular flexibility index (Phi) is 5.16. The van der Waals surface area contributed by atoms with Gasteiger partial charge in [-0.3, -0.25) is 4.79 Å². The summed E-state index contributed by atoms with van der Waals surface area (Å²) in [7, 11) is 0. The zero-order valence-electron chi connectivity index (χ0n) is 12.6. The average Bonchev–Trinajstić information content (AvgIpc) is 2.39. The number of carbonyl (C=O) groups is 1. The Morgan fingerprint density at radius 3 is 2.62 bits per heavy atom. The molecule has 0 bridgehead atoms. The van der Waals surface area contributed by atoms with Crippen molar-refractivity contribution in [1.29, 1.82) is 0 Å². The summed E-state index contributed by atoms with van der Waals surface area (Å²) in [5.41, 5.74) is 6.88. The van der Waals surface area contributed by atoms with E-state index >= 15 is 0 Å². The summed E-state index contributed by atoms with van der Waals surface area (Å²) in [6.07, 6.45) is 1.75. The molecule has 1 aromatic rings. The topological polar surface area (TPSA) is 55.1 Å². The quantitative estimate of drug-likeness (QED) is 0.741. The van der Waals surface area contributed by atoms with Crippen molar-refractivity contribution in [1.82, 2.24) is 0 Å². The van der Waals surface area contributed by atoms with Crippen LogP contribution in [-0.2, 0) is 4.79 Å². The molecule has 3 N–H and O–H groups in total. The van der Waals surface area contributed by atoms with E-state index in [2.05, 4.69) is 57.9 Å². The lowest BCUT2D eigenvalue weighted by Crippen LogP contribution is -2.50. The highest BCUT2D eigenvalue weighted by Gasteiger charge is 2.45. The lowest BCUT2D eigenvalue weighted by Gasteiger charge is -2.46. The minimum Gasteiger partial charge on any atom is -0.327 e. The Morgan fingerprint density at radius 1 is 1.33 bits per heavy atom. The summed E-state index contributed by atoms with van der Waals surface area (Å²) in [6, 6.07) is 5.94. The van der Waals surface area contributed by atoms with Gasteiger partial charge in [-0.15, -0.1) is 0 Å². The molecule has 116 valence electrons. The van der Waals surface area contributed by atoms with Crippen molar-refractivity contribution in [3.05, 3.63) is 27.1 Å². The fourth-order valence-electron chi connectivity index (χ4n) is 3.13. The minimum atomic E-state index is -0.0937. The van der Waals surface area contributed by atoms with E-state index in [0.717, 1.165) is 27.5 Å². The first kappa shape index (κ1) is 17.0. The highest BCUT2D eigenvalue weighted by atomic mass is 79.9. The third-order valence-electron chi connectivity index (χ3n) is 5.01. The second-order valence-electron chi connectivity index (χ2n) is 6.52. The van der Waals surface area contributed by atoms with E-state index in [9.17, 15) is 4.79 Å². The minimum absolute atomic E-state index is 0.0113. The van der Waals surface area contributed by atoms with Crippen LogP contribution in [0, 0.1) is 17.3 Å². The van der Waals surface area contributed by atoms with E-state index in [-0.39, 0.29) is 23.3 Å². The summed E-state index contributed by atoms with van der Waals surface area (Å²) in [5, 5.41) is 3.05. The van der Waals surface area contributed by atoms with Crippen molar-refractivity contribution < 1.29 is 4.79 Å². The zero-order chi connectivity index (χ0) is 15.8. The highest BCUT2D eigenvalue weighted by molar-refractivity contribution is 9.11. The normalized spacial score (nSPS) is 28.2. The zero-order valence-corrected chi connectivity index (χ0v) is 15.8. The Hall–Kier alpha value is -0.390. The number of rotatable bonds is 2. The van der Waals surface area contributed by atoms with E-state index in [1.54, 1.807) is 0 Å². The van der Waals surface area contributed by atoms with Gasteiger partial charge >= 0.3 is 0 Å². The van der Waals surface area contributed by atoms with Crippen molar-refractivity contribution in [3.63, 3.8) is 0 Å². The average molecular weight is 418 g/mol. The lowest BCUT2D eigenvalue weighted by molar-refractivity contribution is -0.127. The highest BCUT2D eigenvalue weighted by Crippen LogP contribution is 2.45. The molecule has 2 rings (SSSR count). The Labute approximate surface area is 143 Å². The van der Waals surface area contributed by atoms with Gasteiger partial charge in [0.1, 0.15) is 0 Å². The Balaban J connectivity index is 2.16. The maximum absolute atomic E-state index is 12.7. The Morgan fingerprint density at radius 2 is 2.00 bits per heavy atom. The molecule has 1 amide bonds. The van der Waals surface area contributed by atoms with E-state index in [1.807, 2.05) is 18.2 Å². The monoisotopic (exact) mass is 416 g/mol. The van der Waals surface area contributed by atoms with E-state index in [4.69, 9.17) is 5.73 Å². The van der Waals surface area contributed by atoms with Crippen molar-refractivity contribution in [2.75, 3.05) is 5.32 Å². The van der Waals surface area contributed by atoms with Crippen molar-refractivity contribution >= 4 is 43.5 Å². The first-order valence-corrected chi connectivity index (χ1v) is 8.83. The molecule has 1 fully saturated rings. The molecular weight excluding hydrogens is 396 g/mol. The number of carbonyl (C=O) groups excluding carboxylic acids is 1. The third-order valence-corrected chi connectivity index (χ3v) is 6.16. The number of nitrogens with two attached hydrogens (primary N) is 1. The summed E-state index contributed by atoms with van der Waals surface area (Å²) < 4.78 is 1.86. The molecule has 0 saturated heterocycles. The molecule has 1 saturated carbocycles. The third kappa shape index (κ3) is 3.51. The number of amides is 1. The predicted octanol–water partition coefficient (Wildman–Crippen LogP) is 4.55. The molecule has 0 heterocycles. The SMILES string of the molecule is CC1C(N)CCC(C(=O)Nc2ccc(Br)cc2Br)C1(C)C. The van der Waals surface area contributed by atoms with Crippen LogP contribution in [0.3, 0.4) is 0 Å². The second-order valence-corrected chi connectivity index (χ2v) is 8.29. The van der Waals surface area contributed by atoms with Crippen LogP contribution in [0.1, 0.15) is 33.6 Å². The number of halogens is 2. The van der Waals surface area contributed by atoms with Gasteiger partial charge in [0.05, 0.1) is 5.69 Å². The molecule has 5 heteroatoms. The van der Waals surface area contributed by atoms with Crippen LogP contribution in [0.5, 0.6) is 0 Å². The van der Waals surface area contributed by atoms with Gasteiger partial charge in [-0.05, 0) is 58.3 Å². The van der Waals surface area contributed by atoms with Crippen LogP contribution in [0.15, 0.2) is 27.1 Å². The first-order valence-electron chi connectivity index (χ1n) is 7.25. The molecule has 0 spiro atoms. The number of hydrogen-bond acceptors (Lipinski definition) is 2. The molecule has 21 heavy (non-hydrogen) atoms. The van der Waals surface area contributed by atoms with Crippen LogP contribution in [0.25, 0.3) is 0 Å². The summed E-state index contributed by atoms with van der Waals surface area (Å²) in [4.78, 5) is 12.7. The van der Waals surface area contributed by atoms with Crippen molar-refractivity contribution in [2.45, 2.75) is 39.7 Å². The maximum atomic E-state index is 12.7. The van der Waals surface area contributed by atoms with Gasteiger partial charge in [-0.2, -0.15) is 0 Å². The molecule has 1 aliphatic carbocycles. The van der Waals surface area contributed by atoms with Crippen molar-refractivity contribution in [2.24, 2.45) is 23.0 Å². The largest absolute Gasteiger partial charge is 0.327 e. The molecule has 0 aromatic heterocycles. The molecule has 1 aromatic carbocycles. The van der Waals surface area contributed by atoms with E-state index < -0.39 is 0 Å². The molecule has 0 radical (unpaired) electrons. The maximum Gasteiger partial charge on any atom is 0.228 e. The fraction of sp³-hybridized carbons (Fsp3) is 0.562. The predicted molar refractivity (Wildman–Crippen MR) is 94.1 cm³/mol. The molecule has 0 aliphatic heterocycles. The van der Waals surface area contributed by atoms with E-state index in [0.29, 0.717) is 5.92 Å². The number of anilines is 1. The van der Waals surface area contributed by atoms with Gasteiger partial charge in [-0.25, -0.2) is 0 Å². The summed E-state index contributed by atoms with van der Waals surface area (Å²) >= 11 is 6.90. The van der Waals surface area contributed by atoms with Crippen LogP contribution in [-0.4, -0.2) is 11.9 Å². The fourth-order valence-corrected chi connectivity index (χ4v) is 4.28. The lowest BCUT2D eigenvalue weighted by atomic mass is 9.61. The number of nitrogens with one attached hydrogen (secondary N) is 1. The summed E-state index contributed by atoms with van der Waals surface area (Å²) in [6.45, 7) is 6.45. The van der Waals surface area contributed by atoms with Crippen LogP contribution < -0.4 is 11.1 Å². The van der Waals surface area contributed by atoms with Gasteiger partial charge < -0.3 is 11.1 Å². The van der Waals surface area contributed by atoms with Crippen LogP contribution >= 0.6 is 31.9 Å². The first-order chi connectivity index (χ1) is 9.73. The van der Waals surface area contributed by atoms with Gasteiger partial charge in [0, 0.05) is 20.9 Å². The number of benzene rings is 1. The molecule has 3 unspecified atom stereocenters. The van der Waals surface area contributed by atoms with Gasteiger partial charge in [-0.1, -0.05) is 36.7 Å². The molecular formula is C16H22Br2N2O. The van der Waals surface area contributed by atoms with Gasteiger partial charge in [0.15, 0.2) is 0 Å². The number of hydrogen-bond donors (Lipinski definition) is 2. The van der Waals surface area contributed by atoms with Gasteiger partial charge in [0.2, 0.25) is 5.91 Å². The smallest absolute Gasteiger partial charge is 0.228 e. The molecule has 3 atom stereocenters. The molecule has 3 nitrogen and oxygen atoms in total. The van der Waals surface area contributed by atoms with Crippen molar-refractivity contribution in [3.8, 4) is 0 Å². The van der Waals surface area contributed by atoms with Crippen LogP contribution in [0.4, 0.5) is 5.69 Å². The second kappa shape index (κ2) is 6.39. The molecule has 1 aliphatic rings. The van der Waals surface area contributed by atoms with E-state index in [1.165, 1.54) is 0 Å². The standard InChI is InChI=1S/C16H22Br2N2O/c1-9-13(19)6-5-11(16(9,2)3)15(21)20-14-7-4-10(17)8-12(14)18/h4,7-9,11,13H,5-6,19H2,1-3H3,(H,20,21). The Bertz CT molecular complexity index is 545. The summed E-state index contributed by atoms with van der Waals surface area (Å²) in [5.74, 6) is 0.403.